The minimum Gasteiger partial charge on any atom is -0.331 e. The van der Waals surface area contributed by atoms with Crippen molar-refractivity contribution >= 4 is 27.8 Å². The van der Waals surface area contributed by atoms with Crippen LogP contribution in [0.3, 0.4) is 0 Å². The zero-order chi connectivity index (χ0) is 16.7. The maximum absolute atomic E-state index is 12.8. The molecule has 23 heavy (non-hydrogen) atoms. The number of nitrogens with zero attached hydrogens (tertiary/aromatic N) is 1. The molecule has 0 fully saturated rings. The third-order valence-corrected chi connectivity index (χ3v) is 5.29. The second kappa shape index (κ2) is 8.97. The van der Waals surface area contributed by atoms with Gasteiger partial charge >= 0.3 is 0 Å². The molecule has 0 spiro atoms. The summed E-state index contributed by atoms with van der Waals surface area (Å²) in [5.74, 6) is 0. The van der Waals surface area contributed by atoms with E-state index in [1.165, 1.54) is 30.0 Å². The Bertz CT molecular complexity index is 635. The van der Waals surface area contributed by atoms with Gasteiger partial charge in [-0.05, 0) is 48.4 Å². The smallest absolute Gasteiger partial charge is 0.286 e. The predicted octanol–water partition coefficient (Wildman–Crippen LogP) is 6.34. The summed E-state index contributed by atoms with van der Waals surface area (Å²) in [6.07, 6.45) is 4.44. The fourth-order valence-corrected chi connectivity index (χ4v) is 3.70. The quantitative estimate of drug-likeness (QED) is 0.436. The van der Waals surface area contributed by atoms with Gasteiger partial charge in [0.25, 0.3) is 5.24 Å². The highest BCUT2D eigenvalue weighted by atomic mass is 32.2. The van der Waals surface area contributed by atoms with E-state index in [4.69, 9.17) is 0 Å². The van der Waals surface area contributed by atoms with Crippen LogP contribution in [0, 0.1) is 0 Å². The number of unbranched alkanes of at least 4 members (excludes halogenated alkanes) is 2. The molecule has 2 rings (SSSR count). The molecule has 3 heteroatoms. The zero-order valence-electron chi connectivity index (χ0n) is 14.4. The van der Waals surface area contributed by atoms with Crippen LogP contribution in [0.15, 0.2) is 47.4 Å². The summed E-state index contributed by atoms with van der Waals surface area (Å²) in [6, 6.07) is 14.7. The second-order valence-corrected chi connectivity index (χ2v) is 7.00. The molecule has 1 atom stereocenters. The number of hydrogen-bond acceptors (Lipinski definition) is 2. The third-order valence-electron chi connectivity index (χ3n) is 4.31. The molecular weight excluding hydrogens is 302 g/mol. The van der Waals surface area contributed by atoms with E-state index in [9.17, 15) is 4.79 Å². The lowest BCUT2D eigenvalue weighted by Gasteiger charge is -2.28. The first kappa shape index (κ1) is 17.9. The SMILES string of the molecule is CCCCCN(C(=O)Sc1cccc2ccccc12)C(C)CC. The molecule has 0 bridgehead atoms. The van der Waals surface area contributed by atoms with E-state index in [0.717, 1.165) is 29.7 Å². The molecule has 0 heterocycles. The Morgan fingerprint density at radius 1 is 1.09 bits per heavy atom. The predicted molar refractivity (Wildman–Crippen MR) is 101 cm³/mol. The maximum Gasteiger partial charge on any atom is 0.286 e. The standard InChI is InChI=1S/C20H27NOS/c1-4-6-9-15-21(16(3)5-2)20(22)23-19-14-10-12-17-11-7-8-13-18(17)19/h7-8,10-14,16H,4-6,9,15H2,1-3H3. The Morgan fingerprint density at radius 2 is 1.83 bits per heavy atom. The number of amides is 1. The normalized spacial score (nSPS) is 12.3. The van der Waals surface area contributed by atoms with Gasteiger partial charge in [0, 0.05) is 17.5 Å². The van der Waals surface area contributed by atoms with Crippen LogP contribution in [-0.2, 0) is 0 Å². The first-order valence-electron chi connectivity index (χ1n) is 8.63. The van der Waals surface area contributed by atoms with Crippen molar-refractivity contribution in [1.29, 1.82) is 0 Å². The minimum atomic E-state index is 0.173. The highest BCUT2D eigenvalue weighted by molar-refractivity contribution is 8.13. The van der Waals surface area contributed by atoms with Gasteiger partial charge in [-0.1, -0.05) is 63.1 Å². The van der Waals surface area contributed by atoms with E-state index in [2.05, 4.69) is 39.0 Å². The van der Waals surface area contributed by atoms with E-state index in [1.807, 2.05) is 29.2 Å². The second-order valence-electron chi connectivity index (χ2n) is 6.00. The van der Waals surface area contributed by atoms with Crippen LogP contribution in [0.25, 0.3) is 10.8 Å². The van der Waals surface area contributed by atoms with E-state index >= 15 is 0 Å². The van der Waals surface area contributed by atoms with Crippen LogP contribution in [0.1, 0.15) is 46.5 Å². The molecular formula is C20H27NOS. The summed E-state index contributed by atoms with van der Waals surface area (Å²) in [6.45, 7) is 7.35. The van der Waals surface area contributed by atoms with Crippen molar-refractivity contribution < 1.29 is 4.79 Å². The summed E-state index contributed by atoms with van der Waals surface area (Å²) in [4.78, 5) is 15.9. The van der Waals surface area contributed by atoms with Gasteiger partial charge in [0.05, 0.1) is 0 Å². The molecule has 0 radical (unpaired) electrons. The highest BCUT2D eigenvalue weighted by Gasteiger charge is 2.20. The molecule has 2 aromatic rings. The van der Waals surface area contributed by atoms with Crippen LogP contribution in [0.2, 0.25) is 0 Å². The van der Waals surface area contributed by atoms with Crippen LogP contribution >= 0.6 is 11.8 Å². The molecule has 1 unspecified atom stereocenters. The molecule has 2 aromatic carbocycles. The number of thioether (sulfide) groups is 1. The largest absolute Gasteiger partial charge is 0.331 e. The molecule has 0 N–H and O–H groups in total. The number of carbonyl (C=O) groups excluding carboxylic acids is 1. The first-order valence-corrected chi connectivity index (χ1v) is 9.45. The Labute approximate surface area is 144 Å². The number of rotatable bonds is 7. The van der Waals surface area contributed by atoms with Gasteiger partial charge < -0.3 is 4.90 Å². The average Bonchev–Trinajstić information content (AvgIpc) is 2.58. The zero-order valence-corrected chi connectivity index (χ0v) is 15.2. The van der Waals surface area contributed by atoms with Crippen LogP contribution in [-0.4, -0.2) is 22.7 Å². The Hall–Kier alpha value is -1.48. The molecule has 0 saturated heterocycles. The maximum atomic E-state index is 12.8. The Morgan fingerprint density at radius 3 is 2.57 bits per heavy atom. The van der Waals surface area contributed by atoms with Crippen LogP contribution < -0.4 is 0 Å². The van der Waals surface area contributed by atoms with Crippen molar-refractivity contribution in [3.63, 3.8) is 0 Å². The summed E-state index contributed by atoms with van der Waals surface area (Å²) < 4.78 is 0. The Balaban J connectivity index is 2.16. The van der Waals surface area contributed by atoms with Gasteiger partial charge in [-0.3, -0.25) is 4.79 Å². The van der Waals surface area contributed by atoms with E-state index < -0.39 is 0 Å². The molecule has 0 aromatic heterocycles. The molecule has 1 amide bonds. The molecule has 0 aliphatic heterocycles. The van der Waals surface area contributed by atoms with Gasteiger partial charge in [-0.2, -0.15) is 0 Å². The lowest BCUT2D eigenvalue weighted by molar-refractivity contribution is 0.200. The topological polar surface area (TPSA) is 20.3 Å². The van der Waals surface area contributed by atoms with E-state index in [0.29, 0.717) is 6.04 Å². The lowest BCUT2D eigenvalue weighted by Crippen LogP contribution is -2.36. The van der Waals surface area contributed by atoms with E-state index in [1.54, 1.807) is 0 Å². The highest BCUT2D eigenvalue weighted by Crippen LogP contribution is 2.30. The summed E-state index contributed by atoms with van der Waals surface area (Å²) in [7, 11) is 0. The van der Waals surface area contributed by atoms with Crippen LogP contribution in [0.5, 0.6) is 0 Å². The van der Waals surface area contributed by atoms with Crippen LogP contribution in [0.4, 0.5) is 4.79 Å². The summed E-state index contributed by atoms with van der Waals surface area (Å²) in [5.41, 5.74) is 0. The van der Waals surface area contributed by atoms with Gasteiger partial charge in [0.2, 0.25) is 0 Å². The van der Waals surface area contributed by atoms with Crippen molar-refractivity contribution in [1.82, 2.24) is 4.90 Å². The van der Waals surface area contributed by atoms with Crippen molar-refractivity contribution in [2.45, 2.75) is 57.4 Å². The average molecular weight is 330 g/mol. The molecule has 0 saturated carbocycles. The van der Waals surface area contributed by atoms with Gasteiger partial charge in [0.1, 0.15) is 0 Å². The first-order chi connectivity index (χ1) is 11.2. The van der Waals surface area contributed by atoms with Crippen molar-refractivity contribution in [2.75, 3.05) is 6.54 Å². The third kappa shape index (κ3) is 4.74. The monoisotopic (exact) mass is 329 g/mol. The van der Waals surface area contributed by atoms with Gasteiger partial charge in [-0.15, -0.1) is 0 Å². The molecule has 0 aliphatic carbocycles. The summed E-state index contributed by atoms with van der Waals surface area (Å²) in [5, 5.41) is 2.52. The molecule has 0 aliphatic rings. The van der Waals surface area contributed by atoms with Crippen molar-refractivity contribution in [2.24, 2.45) is 0 Å². The van der Waals surface area contributed by atoms with Crippen molar-refractivity contribution in [3.8, 4) is 0 Å². The number of benzene rings is 2. The van der Waals surface area contributed by atoms with E-state index in [-0.39, 0.29) is 5.24 Å². The number of hydrogen-bond donors (Lipinski definition) is 0. The molecule has 124 valence electrons. The lowest BCUT2D eigenvalue weighted by atomic mass is 10.1. The van der Waals surface area contributed by atoms with Gasteiger partial charge in [0.15, 0.2) is 0 Å². The minimum absolute atomic E-state index is 0.173. The molecule has 2 nitrogen and oxygen atoms in total. The fourth-order valence-electron chi connectivity index (χ4n) is 2.68. The number of carbonyl (C=O) groups is 1. The Kier molecular flexibility index (Phi) is 6.97. The number of fused-ring (bicyclic) bond motifs is 1. The summed E-state index contributed by atoms with van der Waals surface area (Å²) >= 11 is 1.37. The van der Waals surface area contributed by atoms with Crippen molar-refractivity contribution in [3.05, 3.63) is 42.5 Å². The fraction of sp³-hybridized carbons (Fsp3) is 0.450. The van der Waals surface area contributed by atoms with Gasteiger partial charge in [-0.25, -0.2) is 0 Å².